The monoisotopic (exact) mass is 264 g/mol. The van der Waals surface area contributed by atoms with Gasteiger partial charge in [0.15, 0.2) is 5.43 Å². The van der Waals surface area contributed by atoms with E-state index in [-0.39, 0.29) is 23.8 Å². The number of nitrogens with one attached hydrogen (secondary N) is 2. The SMILES string of the molecule is Cc1cc(=O)c(CNC(=O)C(C)(C)C)c(C(C)C)[nH]1. The number of hydrogen-bond acceptors (Lipinski definition) is 2. The number of H-pyrrole nitrogens is 1. The van der Waals surface area contributed by atoms with Gasteiger partial charge in [-0.3, -0.25) is 9.59 Å². The molecular weight excluding hydrogens is 240 g/mol. The largest absolute Gasteiger partial charge is 0.362 e. The smallest absolute Gasteiger partial charge is 0.225 e. The van der Waals surface area contributed by atoms with Gasteiger partial charge in [0, 0.05) is 35.0 Å². The molecule has 0 aliphatic heterocycles. The van der Waals surface area contributed by atoms with Crippen LogP contribution in [0.5, 0.6) is 0 Å². The molecule has 0 aliphatic carbocycles. The number of hydrogen-bond donors (Lipinski definition) is 2. The summed E-state index contributed by atoms with van der Waals surface area (Å²) in [6, 6.07) is 1.57. The van der Waals surface area contributed by atoms with Crippen molar-refractivity contribution in [1.82, 2.24) is 10.3 Å². The number of aryl methyl sites for hydroxylation is 1. The summed E-state index contributed by atoms with van der Waals surface area (Å²) in [7, 11) is 0. The molecule has 1 heterocycles. The summed E-state index contributed by atoms with van der Waals surface area (Å²) in [5.41, 5.74) is 1.93. The molecular formula is C15H24N2O2. The molecule has 0 radical (unpaired) electrons. The van der Waals surface area contributed by atoms with E-state index in [1.807, 2.05) is 41.5 Å². The van der Waals surface area contributed by atoms with Crippen LogP contribution in [0.15, 0.2) is 10.9 Å². The van der Waals surface area contributed by atoms with Crippen molar-refractivity contribution in [2.24, 2.45) is 5.41 Å². The Balaban J connectivity index is 3.02. The topological polar surface area (TPSA) is 62.0 Å². The van der Waals surface area contributed by atoms with Crippen molar-refractivity contribution in [3.05, 3.63) is 33.2 Å². The second kappa shape index (κ2) is 5.59. The highest BCUT2D eigenvalue weighted by Crippen LogP contribution is 2.16. The zero-order valence-corrected chi connectivity index (χ0v) is 12.7. The van der Waals surface area contributed by atoms with Crippen molar-refractivity contribution >= 4 is 5.91 Å². The minimum atomic E-state index is -0.449. The number of carbonyl (C=O) groups is 1. The Morgan fingerprint density at radius 2 is 1.95 bits per heavy atom. The Labute approximate surface area is 114 Å². The molecule has 0 fully saturated rings. The molecule has 0 atom stereocenters. The van der Waals surface area contributed by atoms with Crippen LogP contribution in [0.25, 0.3) is 0 Å². The molecule has 19 heavy (non-hydrogen) atoms. The highest BCUT2D eigenvalue weighted by Gasteiger charge is 2.21. The van der Waals surface area contributed by atoms with Crippen LogP contribution in [0.3, 0.4) is 0 Å². The Hall–Kier alpha value is -1.58. The lowest BCUT2D eigenvalue weighted by atomic mass is 9.95. The summed E-state index contributed by atoms with van der Waals surface area (Å²) >= 11 is 0. The van der Waals surface area contributed by atoms with Gasteiger partial charge in [0.1, 0.15) is 0 Å². The maximum Gasteiger partial charge on any atom is 0.225 e. The van der Waals surface area contributed by atoms with E-state index in [0.717, 1.165) is 11.4 Å². The molecule has 1 aromatic heterocycles. The van der Waals surface area contributed by atoms with Crippen molar-refractivity contribution in [3.8, 4) is 0 Å². The van der Waals surface area contributed by atoms with Crippen LogP contribution < -0.4 is 10.7 Å². The van der Waals surface area contributed by atoms with Gasteiger partial charge < -0.3 is 10.3 Å². The molecule has 0 saturated heterocycles. The Morgan fingerprint density at radius 3 is 2.42 bits per heavy atom. The Morgan fingerprint density at radius 1 is 1.37 bits per heavy atom. The van der Waals surface area contributed by atoms with Gasteiger partial charge in [0.05, 0.1) is 0 Å². The van der Waals surface area contributed by atoms with Gasteiger partial charge >= 0.3 is 0 Å². The zero-order chi connectivity index (χ0) is 14.8. The molecule has 1 rings (SSSR count). The first kappa shape index (κ1) is 15.5. The van der Waals surface area contributed by atoms with Gasteiger partial charge in [0.25, 0.3) is 0 Å². The number of aromatic nitrogens is 1. The molecule has 0 aromatic carbocycles. The standard InChI is InChI=1S/C15H24N2O2/c1-9(2)13-11(12(18)7-10(3)17-13)8-16-14(19)15(4,5)6/h7,9H,8H2,1-6H3,(H,16,19)(H,17,18). The van der Waals surface area contributed by atoms with Crippen LogP contribution in [0, 0.1) is 12.3 Å². The van der Waals surface area contributed by atoms with Gasteiger partial charge in [-0.25, -0.2) is 0 Å². The third kappa shape index (κ3) is 3.94. The molecule has 0 bridgehead atoms. The van der Waals surface area contributed by atoms with Crippen molar-refractivity contribution in [3.63, 3.8) is 0 Å². The van der Waals surface area contributed by atoms with Crippen LogP contribution in [0.1, 0.15) is 57.5 Å². The van der Waals surface area contributed by atoms with Gasteiger partial charge in [0.2, 0.25) is 5.91 Å². The highest BCUT2D eigenvalue weighted by atomic mass is 16.2. The predicted molar refractivity (Wildman–Crippen MR) is 77.2 cm³/mol. The lowest BCUT2D eigenvalue weighted by molar-refractivity contribution is -0.128. The first-order valence-electron chi connectivity index (χ1n) is 6.64. The van der Waals surface area contributed by atoms with E-state index >= 15 is 0 Å². The van der Waals surface area contributed by atoms with E-state index in [2.05, 4.69) is 10.3 Å². The first-order valence-corrected chi connectivity index (χ1v) is 6.64. The Kier molecular flexibility index (Phi) is 4.56. The summed E-state index contributed by atoms with van der Waals surface area (Å²) < 4.78 is 0. The summed E-state index contributed by atoms with van der Waals surface area (Å²) in [4.78, 5) is 27.2. The summed E-state index contributed by atoms with van der Waals surface area (Å²) in [5, 5.41) is 2.84. The average molecular weight is 264 g/mol. The summed E-state index contributed by atoms with van der Waals surface area (Å²) in [6.45, 7) is 11.8. The fourth-order valence-electron chi connectivity index (χ4n) is 1.85. The van der Waals surface area contributed by atoms with Crippen LogP contribution in [-0.2, 0) is 11.3 Å². The third-order valence-corrected chi connectivity index (χ3v) is 2.99. The Bertz CT molecular complexity index is 522. The normalized spacial score (nSPS) is 11.7. The second-order valence-electron chi connectivity index (χ2n) is 6.30. The second-order valence-corrected chi connectivity index (χ2v) is 6.30. The van der Waals surface area contributed by atoms with Gasteiger partial charge in [-0.05, 0) is 12.8 Å². The van der Waals surface area contributed by atoms with E-state index in [0.29, 0.717) is 5.56 Å². The molecule has 0 saturated carbocycles. The number of rotatable bonds is 3. The first-order chi connectivity index (χ1) is 8.62. The van der Waals surface area contributed by atoms with Crippen LogP contribution in [-0.4, -0.2) is 10.9 Å². The number of amides is 1. The lowest BCUT2D eigenvalue weighted by Gasteiger charge is -2.19. The van der Waals surface area contributed by atoms with Crippen molar-refractivity contribution in [1.29, 1.82) is 0 Å². The number of carbonyl (C=O) groups excluding carboxylic acids is 1. The van der Waals surface area contributed by atoms with Gasteiger partial charge in [-0.15, -0.1) is 0 Å². The van der Waals surface area contributed by atoms with E-state index in [1.165, 1.54) is 0 Å². The lowest BCUT2D eigenvalue weighted by Crippen LogP contribution is -2.36. The van der Waals surface area contributed by atoms with E-state index in [1.54, 1.807) is 6.07 Å². The van der Waals surface area contributed by atoms with Crippen LogP contribution >= 0.6 is 0 Å². The van der Waals surface area contributed by atoms with Gasteiger partial charge in [-0.2, -0.15) is 0 Å². The molecule has 1 amide bonds. The fourth-order valence-corrected chi connectivity index (χ4v) is 1.85. The maximum atomic E-state index is 12.1. The molecule has 2 N–H and O–H groups in total. The van der Waals surface area contributed by atoms with E-state index in [9.17, 15) is 9.59 Å². The quantitative estimate of drug-likeness (QED) is 0.881. The molecule has 0 spiro atoms. The zero-order valence-electron chi connectivity index (χ0n) is 12.7. The maximum absolute atomic E-state index is 12.1. The third-order valence-electron chi connectivity index (χ3n) is 2.99. The molecule has 0 aliphatic rings. The predicted octanol–water partition coefficient (Wildman–Crippen LogP) is 2.47. The summed E-state index contributed by atoms with van der Waals surface area (Å²) in [5.74, 6) is 0.163. The van der Waals surface area contributed by atoms with E-state index in [4.69, 9.17) is 0 Å². The van der Waals surface area contributed by atoms with Crippen LogP contribution in [0.4, 0.5) is 0 Å². The van der Waals surface area contributed by atoms with E-state index < -0.39 is 5.41 Å². The molecule has 106 valence electrons. The minimum Gasteiger partial charge on any atom is -0.362 e. The highest BCUT2D eigenvalue weighted by molar-refractivity contribution is 5.81. The minimum absolute atomic E-state index is 0.0193. The number of pyridine rings is 1. The summed E-state index contributed by atoms with van der Waals surface area (Å²) in [6.07, 6.45) is 0. The molecule has 0 unspecified atom stereocenters. The van der Waals surface area contributed by atoms with Gasteiger partial charge in [-0.1, -0.05) is 34.6 Å². The molecule has 1 aromatic rings. The van der Waals surface area contributed by atoms with Crippen molar-refractivity contribution < 1.29 is 4.79 Å². The average Bonchev–Trinajstić information content (AvgIpc) is 2.24. The fraction of sp³-hybridized carbons (Fsp3) is 0.600. The van der Waals surface area contributed by atoms with Crippen molar-refractivity contribution in [2.75, 3.05) is 0 Å². The number of aromatic amines is 1. The van der Waals surface area contributed by atoms with Crippen molar-refractivity contribution in [2.45, 2.75) is 54.0 Å². The van der Waals surface area contributed by atoms with Crippen LogP contribution in [0.2, 0.25) is 0 Å². The molecule has 4 nitrogen and oxygen atoms in total. The molecule has 4 heteroatoms.